The van der Waals surface area contributed by atoms with E-state index in [-0.39, 0.29) is 17.1 Å². The minimum absolute atomic E-state index is 0.0262. The Morgan fingerprint density at radius 1 is 1.06 bits per heavy atom. The number of fused-ring (bicyclic) bond motifs is 4. The van der Waals surface area contributed by atoms with Crippen molar-refractivity contribution in [3.8, 4) is 11.4 Å². The Labute approximate surface area is 205 Å². The minimum Gasteiger partial charge on any atom is -0.365 e. The lowest BCUT2D eigenvalue weighted by Crippen LogP contribution is -2.48. The highest BCUT2D eigenvalue weighted by molar-refractivity contribution is 7.18. The molecule has 0 radical (unpaired) electrons. The van der Waals surface area contributed by atoms with Gasteiger partial charge < -0.3 is 10.2 Å². The van der Waals surface area contributed by atoms with Crippen LogP contribution in [0.15, 0.2) is 42.6 Å². The molecule has 178 valence electrons. The van der Waals surface area contributed by atoms with Crippen LogP contribution >= 0.6 is 11.3 Å². The lowest BCUT2D eigenvalue weighted by molar-refractivity contribution is 0.102. The van der Waals surface area contributed by atoms with Gasteiger partial charge in [0.15, 0.2) is 5.82 Å². The van der Waals surface area contributed by atoms with Crippen LogP contribution in [0.4, 0.5) is 20.2 Å². The molecule has 2 aromatic carbocycles. The van der Waals surface area contributed by atoms with Crippen LogP contribution in [0.1, 0.15) is 41.2 Å². The van der Waals surface area contributed by atoms with Crippen LogP contribution in [-0.4, -0.2) is 33.4 Å². The number of aryl methyl sites for hydroxylation is 1. The Kier molecular flexibility index (Phi) is 5.44. The quantitative estimate of drug-likeness (QED) is 0.381. The van der Waals surface area contributed by atoms with Crippen LogP contribution in [0.5, 0.6) is 0 Å². The highest BCUT2D eigenvalue weighted by Gasteiger charge is 2.36. The molecular formula is C26H23F2N5OS. The summed E-state index contributed by atoms with van der Waals surface area (Å²) in [6, 6.07) is 9.30. The van der Waals surface area contributed by atoms with Crippen molar-refractivity contribution in [2.75, 3.05) is 16.8 Å². The van der Waals surface area contributed by atoms with Crippen LogP contribution in [0.2, 0.25) is 0 Å². The number of rotatable bonds is 4. The lowest BCUT2D eigenvalue weighted by atomic mass is 9.79. The molecule has 3 fully saturated rings. The van der Waals surface area contributed by atoms with Crippen molar-refractivity contribution in [2.24, 2.45) is 5.92 Å². The lowest BCUT2D eigenvalue weighted by Gasteiger charge is -2.47. The number of thiazole rings is 1. The van der Waals surface area contributed by atoms with Gasteiger partial charge in [-0.1, -0.05) is 6.07 Å². The van der Waals surface area contributed by atoms with Gasteiger partial charge in [0.25, 0.3) is 5.91 Å². The molecule has 2 bridgehead atoms. The van der Waals surface area contributed by atoms with Gasteiger partial charge in [-0.2, -0.15) is 0 Å². The molecule has 4 heterocycles. The Hall–Kier alpha value is -3.46. The first kappa shape index (κ1) is 22.0. The fourth-order valence-electron chi connectivity index (χ4n) is 5.33. The van der Waals surface area contributed by atoms with Gasteiger partial charge in [0.05, 0.1) is 26.6 Å². The van der Waals surface area contributed by atoms with Gasteiger partial charge >= 0.3 is 0 Å². The normalized spacial score (nSPS) is 19.3. The Morgan fingerprint density at radius 3 is 2.54 bits per heavy atom. The minimum atomic E-state index is -0.783. The molecule has 6 nitrogen and oxygen atoms in total. The second kappa shape index (κ2) is 8.64. The van der Waals surface area contributed by atoms with E-state index in [2.05, 4.69) is 20.2 Å². The van der Waals surface area contributed by atoms with Gasteiger partial charge in [0.1, 0.15) is 22.8 Å². The Morgan fingerprint density at radius 2 is 1.83 bits per heavy atom. The molecule has 35 heavy (non-hydrogen) atoms. The number of amides is 1. The first-order chi connectivity index (χ1) is 17.0. The molecule has 1 amide bonds. The largest absolute Gasteiger partial charge is 0.365 e. The molecule has 1 aliphatic carbocycles. The molecule has 9 heteroatoms. The monoisotopic (exact) mass is 491 g/mol. The summed E-state index contributed by atoms with van der Waals surface area (Å²) >= 11 is 1.63. The molecule has 2 aliphatic heterocycles. The molecule has 0 unspecified atom stereocenters. The number of carbonyl (C=O) groups is 1. The van der Waals surface area contributed by atoms with Gasteiger partial charge in [-0.15, -0.1) is 11.3 Å². The molecule has 2 aromatic heterocycles. The fraction of sp³-hybridized carbons (Fsp3) is 0.308. The average molecular weight is 492 g/mol. The van der Waals surface area contributed by atoms with Crippen molar-refractivity contribution in [1.82, 2.24) is 15.0 Å². The third-order valence-corrected chi connectivity index (χ3v) is 7.90. The molecule has 3 aliphatic rings. The van der Waals surface area contributed by atoms with Crippen LogP contribution in [0.25, 0.3) is 21.6 Å². The van der Waals surface area contributed by atoms with E-state index in [1.165, 1.54) is 31.2 Å². The third-order valence-electron chi connectivity index (χ3n) is 6.96. The molecule has 1 saturated carbocycles. The van der Waals surface area contributed by atoms with E-state index in [0.717, 1.165) is 52.4 Å². The van der Waals surface area contributed by atoms with Crippen molar-refractivity contribution >= 4 is 38.8 Å². The summed E-state index contributed by atoms with van der Waals surface area (Å²) in [7, 11) is 0. The summed E-state index contributed by atoms with van der Waals surface area (Å²) in [5, 5.41) is 3.97. The molecule has 0 spiro atoms. The smallest absolute Gasteiger partial charge is 0.274 e. The second-order valence-corrected chi connectivity index (χ2v) is 10.4. The summed E-state index contributed by atoms with van der Waals surface area (Å²) in [6.07, 6.45) is 6.10. The molecular weight excluding hydrogens is 468 g/mol. The van der Waals surface area contributed by atoms with Crippen molar-refractivity contribution < 1.29 is 13.6 Å². The highest BCUT2D eigenvalue weighted by atomic mass is 32.1. The van der Waals surface area contributed by atoms with E-state index in [9.17, 15) is 13.6 Å². The number of aromatic nitrogens is 3. The summed E-state index contributed by atoms with van der Waals surface area (Å²) in [4.78, 5) is 28.7. The zero-order valence-corrected chi connectivity index (χ0v) is 19.9. The van der Waals surface area contributed by atoms with Gasteiger partial charge in [0, 0.05) is 18.8 Å². The number of carbonyl (C=O) groups excluding carboxylic acids is 1. The van der Waals surface area contributed by atoms with Crippen molar-refractivity contribution in [1.29, 1.82) is 0 Å². The number of nitrogens with zero attached hydrogens (tertiary/aromatic N) is 4. The number of hydrogen-bond donors (Lipinski definition) is 1. The maximum absolute atomic E-state index is 14.3. The van der Waals surface area contributed by atoms with Crippen LogP contribution in [0, 0.1) is 24.5 Å². The third kappa shape index (κ3) is 3.93. The van der Waals surface area contributed by atoms with E-state index < -0.39 is 17.5 Å². The maximum Gasteiger partial charge on any atom is 0.274 e. The standard InChI is InChI=1S/C26H23F2N5OS/c1-14-30-23-21(35-14)10-9-19(24(23)33-13-15-5-7-16(33)8-6-15)32-26(34)20-11-12-29-25(31-20)22-17(27)3-2-4-18(22)28/h2-4,9-12,15-16H,5-8,13H2,1H3,(H,32,34). The number of nitrogens with one attached hydrogen (secondary N) is 1. The predicted molar refractivity (Wildman–Crippen MR) is 133 cm³/mol. The van der Waals surface area contributed by atoms with Gasteiger partial charge in [-0.3, -0.25) is 4.79 Å². The fourth-order valence-corrected chi connectivity index (χ4v) is 6.16. The highest BCUT2D eigenvalue weighted by Crippen LogP contribution is 2.44. The van der Waals surface area contributed by atoms with Gasteiger partial charge in [-0.05, 0) is 68.9 Å². The van der Waals surface area contributed by atoms with E-state index in [1.807, 2.05) is 19.1 Å². The second-order valence-electron chi connectivity index (χ2n) is 9.18. The number of benzene rings is 2. The van der Waals surface area contributed by atoms with E-state index >= 15 is 0 Å². The maximum atomic E-state index is 14.3. The average Bonchev–Trinajstić information content (AvgIpc) is 3.25. The Balaban J connectivity index is 1.38. The summed E-state index contributed by atoms with van der Waals surface area (Å²) in [5.41, 5.74) is 2.18. The first-order valence-electron chi connectivity index (χ1n) is 11.7. The Bertz CT molecular complexity index is 1430. The van der Waals surface area contributed by atoms with Crippen LogP contribution < -0.4 is 10.2 Å². The van der Waals surface area contributed by atoms with E-state index in [0.29, 0.717) is 17.6 Å². The number of hydrogen-bond acceptors (Lipinski definition) is 6. The summed E-state index contributed by atoms with van der Waals surface area (Å²) < 4.78 is 29.6. The van der Waals surface area contributed by atoms with Crippen molar-refractivity contribution in [2.45, 2.75) is 38.6 Å². The summed E-state index contributed by atoms with van der Waals surface area (Å²) in [6.45, 7) is 2.94. The zero-order valence-electron chi connectivity index (χ0n) is 19.1. The SMILES string of the molecule is Cc1nc2c(N3CC4CCC3CC4)c(NC(=O)c3ccnc(-c4c(F)cccc4F)n3)ccc2s1. The molecule has 2 saturated heterocycles. The molecule has 1 N–H and O–H groups in total. The molecule has 4 aromatic rings. The van der Waals surface area contributed by atoms with E-state index in [1.54, 1.807) is 11.3 Å². The van der Waals surface area contributed by atoms with Gasteiger partial charge in [-0.25, -0.2) is 23.7 Å². The summed E-state index contributed by atoms with van der Waals surface area (Å²) in [5.74, 6) is -1.56. The molecule has 7 rings (SSSR count). The van der Waals surface area contributed by atoms with Crippen molar-refractivity contribution in [3.63, 3.8) is 0 Å². The number of halogens is 2. The van der Waals surface area contributed by atoms with Crippen LogP contribution in [-0.2, 0) is 0 Å². The van der Waals surface area contributed by atoms with Gasteiger partial charge in [0.2, 0.25) is 0 Å². The number of piperidine rings is 2. The topological polar surface area (TPSA) is 71.0 Å². The first-order valence-corrected chi connectivity index (χ1v) is 12.5. The van der Waals surface area contributed by atoms with E-state index in [4.69, 9.17) is 4.98 Å². The zero-order chi connectivity index (χ0) is 24.1. The van der Waals surface area contributed by atoms with Crippen molar-refractivity contribution in [3.05, 3.63) is 64.9 Å². The predicted octanol–water partition coefficient (Wildman–Crippen LogP) is 5.97. The number of anilines is 2. The van der Waals surface area contributed by atoms with Crippen LogP contribution in [0.3, 0.4) is 0 Å². The molecule has 0 atom stereocenters.